The minimum atomic E-state index is 0.223. The number of rotatable bonds is 2. The monoisotopic (exact) mass is 200 g/mol. The third kappa shape index (κ3) is 1.09. The lowest BCUT2D eigenvalue weighted by Gasteiger charge is -2.50. The van der Waals surface area contributed by atoms with Crippen molar-refractivity contribution in [1.29, 1.82) is 0 Å². The number of nitrogens with zero attached hydrogens (tertiary/aromatic N) is 1. The topological polar surface area (TPSA) is 38.5 Å². The van der Waals surface area contributed by atoms with E-state index >= 15 is 0 Å². The largest absolute Gasteiger partial charge is 0.377 e. The maximum absolute atomic E-state index is 5.85. The van der Waals surface area contributed by atoms with Crippen LogP contribution in [0, 0.1) is 0 Å². The Morgan fingerprint density at radius 1 is 1.54 bits per heavy atom. The number of hydrogen-bond acceptors (Lipinski definition) is 4. The van der Waals surface area contributed by atoms with Gasteiger partial charge in [-0.2, -0.15) is 11.8 Å². The van der Waals surface area contributed by atoms with Gasteiger partial charge in [0.2, 0.25) is 0 Å². The van der Waals surface area contributed by atoms with E-state index in [1.807, 2.05) is 0 Å². The molecule has 3 nitrogen and oxygen atoms in total. The number of fused-ring (bicyclic) bond motifs is 2. The standard InChI is InChI=1S/C9H16N2OS/c10-4-9(5-12-6-9)11-2-8-1-7(11)3-13-8/h7-8H,1-6,10H2. The smallest absolute Gasteiger partial charge is 0.0805 e. The van der Waals surface area contributed by atoms with E-state index in [4.69, 9.17) is 10.5 Å². The molecule has 0 aromatic heterocycles. The van der Waals surface area contributed by atoms with E-state index < -0.39 is 0 Å². The first kappa shape index (κ1) is 8.53. The van der Waals surface area contributed by atoms with E-state index in [1.54, 1.807) is 0 Å². The first-order chi connectivity index (χ1) is 6.34. The highest BCUT2D eigenvalue weighted by atomic mass is 32.2. The summed E-state index contributed by atoms with van der Waals surface area (Å²) in [6.07, 6.45) is 1.38. The molecule has 0 amide bonds. The number of likely N-dealkylation sites (tertiary alicyclic amines) is 1. The van der Waals surface area contributed by atoms with Gasteiger partial charge in [-0.25, -0.2) is 0 Å². The molecular weight excluding hydrogens is 184 g/mol. The molecule has 0 aromatic carbocycles. The van der Waals surface area contributed by atoms with Crippen molar-refractivity contribution in [2.24, 2.45) is 5.73 Å². The zero-order valence-corrected chi connectivity index (χ0v) is 8.55. The van der Waals surface area contributed by atoms with Crippen molar-refractivity contribution in [2.75, 3.05) is 32.1 Å². The van der Waals surface area contributed by atoms with Crippen molar-refractivity contribution >= 4 is 11.8 Å². The molecule has 2 N–H and O–H groups in total. The second-order valence-electron chi connectivity index (χ2n) is 4.42. The Morgan fingerprint density at radius 3 is 2.77 bits per heavy atom. The predicted octanol–water partition coefficient (Wildman–Crippen LogP) is -0.0962. The molecule has 0 radical (unpaired) electrons. The van der Waals surface area contributed by atoms with Gasteiger partial charge >= 0.3 is 0 Å². The summed E-state index contributed by atoms with van der Waals surface area (Å²) in [5.41, 5.74) is 6.07. The van der Waals surface area contributed by atoms with Crippen molar-refractivity contribution in [3.63, 3.8) is 0 Å². The lowest BCUT2D eigenvalue weighted by molar-refractivity contribution is -0.137. The van der Waals surface area contributed by atoms with Crippen LogP contribution in [-0.2, 0) is 4.74 Å². The normalized spacial score (nSPS) is 42.2. The molecule has 3 rings (SSSR count). The number of thioether (sulfide) groups is 1. The molecule has 0 saturated carbocycles. The average Bonchev–Trinajstić information content (AvgIpc) is 2.64. The lowest BCUT2D eigenvalue weighted by Crippen LogP contribution is -2.68. The fourth-order valence-electron chi connectivity index (χ4n) is 2.72. The van der Waals surface area contributed by atoms with Crippen molar-refractivity contribution in [3.8, 4) is 0 Å². The van der Waals surface area contributed by atoms with Gasteiger partial charge in [0.1, 0.15) is 0 Å². The zero-order chi connectivity index (χ0) is 8.89. The van der Waals surface area contributed by atoms with Gasteiger partial charge in [-0.05, 0) is 6.42 Å². The van der Waals surface area contributed by atoms with Crippen LogP contribution in [-0.4, -0.2) is 53.8 Å². The Kier molecular flexibility index (Phi) is 1.88. The van der Waals surface area contributed by atoms with Crippen LogP contribution < -0.4 is 5.73 Å². The molecular formula is C9H16N2OS. The fourth-order valence-corrected chi connectivity index (χ4v) is 4.15. The van der Waals surface area contributed by atoms with Crippen LogP contribution in [0.2, 0.25) is 0 Å². The van der Waals surface area contributed by atoms with Crippen LogP contribution in [0.25, 0.3) is 0 Å². The fraction of sp³-hybridized carbons (Fsp3) is 1.00. The molecule has 13 heavy (non-hydrogen) atoms. The highest BCUT2D eigenvalue weighted by molar-refractivity contribution is 8.00. The lowest BCUT2D eigenvalue weighted by atomic mass is 9.94. The molecule has 3 fully saturated rings. The van der Waals surface area contributed by atoms with Crippen LogP contribution in [0.1, 0.15) is 6.42 Å². The third-order valence-electron chi connectivity index (χ3n) is 3.63. The molecule has 2 atom stereocenters. The van der Waals surface area contributed by atoms with Gasteiger partial charge in [-0.1, -0.05) is 0 Å². The molecule has 3 heterocycles. The summed E-state index contributed by atoms with van der Waals surface area (Å²) in [7, 11) is 0. The molecule has 0 aromatic rings. The average molecular weight is 200 g/mol. The van der Waals surface area contributed by atoms with Crippen LogP contribution in [0.15, 0.2) is 0 Å². The van der Waals surface area contributed by atoms with Gasteiger partial charge in [0, 0.05) is 30.1 Å². The Labute approximate surface area is 83.0 Å². The van der Waals surface area contributed by atoms with Gasteiger partial charge in [-0.15, -0.1) is 0 Å². The van der Waals surface area contributed by atoms with Crippen LogP contribution in [0.5, 0.6) is 0 Å². The number of nitrogens with two attached hydrogens (primary N) is 1. The van der Waals surface area contributed by atoms with E-state index in [9.17, 15) is 0 Å². The highest BCUT2D eigenvalue weighted by Gasteiger charge is 2.51. The molecule has 3 aliphatic rings. The van der Waals surface area contributed by atoms with Crippen molar-refractivity contribution in [3.05, 3.63) is 0 Å². The van der Waals surface area contributed by atoms with Crippen LogP contribution >= 0.6 is 11.8 Å². The zero-order valence-electron chi connectivity index (χ0n) is 7.74. The maximum Gasteiger partial charge on any atom is 0.0805 e. The molecule has 0 spiro atoms. The van der Waals surface area contributed by atoms with E-state index in [0.717, 1.165) is 31.1 Å². The quantitative estimate of drug-likeness (QED) is 0.676. The van der Waals surface area contributed by atoms with Gasteiger partial charge < -0.3 is 10.5 Å². The minimum absolute atomic E-state index is 0.223. The summed E-state index contributed by atoms with van der Waals surface area (Å²) in [6.45, 7) is 3.73. The number of hydrogen-bond donors (Lipinski definition) is 1. The SMILES string of the molecule is NCC1(N2CC3CC2CS3)COC1. The molecule has 3 saturated heterocycles. The predicted molar refractivity (Wildman–Crippen MR) is 54.0 cm³/mol. The summed E-state index contributed by atoms with van der Waals surface area (Å²) < 4.78 is 5.32. The molecule has 3 aliphatic heterocycles. The van der Waals surface area contributed by atoms with Crippen LogP contribution in [0.4, 0.5) is 0 Å². The van der Waals surface area contributed by atoms with Crippen molar-refractivity contribution in [1.82, 2.24) is 4.90 Å². The summed E-state index contributed by atoms with van der Waals surface area (Å²) in [5, 5.41) is 0.883. The molecule has 2 bridgehead atoms. The van der Waals surface area contributed by atoms with Gasteiger partial charge in [0.05, 0.1) is 18.8 Å². The Hall–Kier alpha value is 0.230. The Bertz CT molecular complexity index is 214. The van der Waals surface area contributed by atoms with Crippen molar-refractivity contribution in [2.45, 2.75) is 23.3 Å². The van der Waals surface area contributed by atoms with Gasteiger partial charge in [0.15, 0.2) is 0 Å². The Balaban J connectivity index is 1.78. The molecule has 0 aliphatic carbocycles. The van der Waals surface area contributed by atoms with E-state index in [1.165, 1.54) is 18.7 Å². The van der Waals surface area contributed by atoms with E-state index in [-0.39, 0.29) is 5.54 Å². The first-order valence-corrected chi connectivity index (χ1v) is 6.05. The summed E-state index contributed by atoms with van der Waals surface area (Å²) >= 11 is 2.13. The van der Waals surface area contributed by atoms with Crippen molar-refractivity contribution < 1.29 is 4.74 Å². The van der Waals surface area contributed by atoms with Gasteiger partial charge in [-0.3, -0.25) is 4.90 Å². The first-order valence-electron chi connectivity index (χ1n) is 5.00. The summed E-state index contributed by atoms with van der Waals surface area (Å²) in [5.74, 6) is 1.31. The molecule has 2 unspecified atom stereocenters. The van der Waals surface area contributed by atoms with E-state index in [2.05, 4.69) is 16.7 Å². The maximum atomic E-state index is 5.85. The van der Waals surface area contributed by atoms with Crippen LogP contribution in [0.3, 0.4) is 0 Å². The second kappa shape index (κ2) is 2.86. The summed E-state index contributed by atoms with van der Waals surface area (Å²) in [6, 6.07) is 0.794. The van der Waals surface area contributed by atoms with Gasteiger partial charge in [0.25, 0.3) is 0 Å². The highest BCUT2D eigenvalue weighted by Crippen LogP contribution is 2.42. The Morgan fingerprint density at radius 2 is 2.38 bits per heavy atom. The van der Waals surface area contributed by atoms with E-state index in [0.29, 0.717) is 0 Å². The molecule has 74 valence electrons. The number of ether oxygens (including phenoxy) is 1. The molecule has 4 heteroatoms. The third-order valence-corrected chi connectivity index (χ3v) is 5.02. The summed E-state index contributed by atoms with van der Waals surface area (Å²) in [4.78, 5) is 2.62. The second-order valence-corrected chi connectivity index (χ2v) is 5.75. The minimum Gasteiger partial charge on any atom is -0.377 e.